The first-order valence-electron chi connectivity index (χ1n) is 1.35. The molecule has 1 aliphatic heterocycles. The van der Waals surface area contributed by atoms with Gasteiger partial charge in [-0.05, 0) is 0 Å². The van der Waals surface area contributed by atoms with Crippen LogP contribution in [0.4, 0.5) is 0 Å². The molecule has 0 amide bonds. The third-order valence-corrected chi connectivity index (χ3v) is 178. The predicted molar refractivity (Wildman–Crippen MR) is 29.4 cm³/mol. The Morgan fingerprint density at radius 2 is 1.78 bits per heavy atom. The van der Waals surface area contributed by atoms with Crippen molar-refractivity contribution in [3.63, 3.8) is 0 Å². The van der Waals surface area contributed by atoms with Crippen molar-refractivity contribution >= 4 is 59.0 Å². The van der Waals surface area contributed by atoms with Gasteiger partial charge in [0.15, 0.2) is 0 Å². The average molecular weight is 698 g/mol. The van der Waals surface area contributed by atoms with Crippen molar-refractivity contribution in [2.24, 2.45) is 0 Å². The summed E-state index contributed by atoms with van der Waals surface area (Å²) in [4.78, 5) is 0. The van der Waals surface area contributed by atoms with Gasteiger partial charge in [0.1, 0.15) is 0 Å². The van der Waals surface area contributed by atoms with E-state index in [0.717, 1.165) is 25.4 Å². The summed E-state index contributed by atoms with van der Waals surface area (Å²) in [7, 11) is 0. The molecule has 0 aliphatic carbocycles. The topological polar surface area (TPSA) is 0 Å². The van der Waals surface area contributed by atoms with E-state index < -0.39 is 0 Å². The second-order valence-corrected chi connectivity index (χ2v) is 81.1. The SMILES string of the molecule is [Cl-].[Cl-].[Cl-].[Zr+3][C]1=[Sb][Sb]=[Sb][SbH]1. The fourth-order valence-corrected chi connectivity index (χ4v) is 311. The first-order valence-corrected chi connectivity index (χ1v) is 32.7. The van der Waals surface area contributed by atoms with Crippen LogP contribution in [0.15, 0.2) is 0 Å². The molecular weight excluding hydrogens is 697 g/mol. The van der Waals surface area contributed by atoms with E-state index in [9.17, 15) is 0 Å². The Balaban J connectivity index is -0.000000120. The normalized spacial score (nSPS) is 12.4. The molecule has 0 aromatic heterocycles. The third-order valence-electron chi connectivity index (χ3n) is 0.345. The number of halogens is 3. The van der Waals surface area contributed by atoms with E-state index in [1.165, 1.54) is 0 Å². The second kappa shape index (κ2) is 12.9. The van der Waals surface area contributed by atoms with Gasteiger partial charge < -0.3 is 37.2 Å². The molecule has 0 fully saturated rings. The van der Waals surface area contributed by atoms with Gasteiger partial charge in [-0.3, -0.25) is 0 Å². The van der Waals surface area contributed by atoms with Crippen molar-refractivity contribution < 1.29 is 61.9 Å². The summed E-state index contributed by atoms with van der Waals surface area (Å²) in [6, 6.07) is 0. The van der Waals surface area contributed by atoms with E-state index in [2.05, 4.69) is -0.898 Å². The first kappa shape index (κ1) is 19.5. The second-order valence-electron chi connectivity index (χ2n) is 0.750. The van der Waals surface area contributed by atoms with Gasteiger partial charge in [-0.25, -0.2) is 0 Å². The van der Waals surface area contributed by atoms with Gasteiger partial charge in [-0.2, -0.15) is 0 Å². The maximum absolute atomic E-state index is 2.25. The molecule has 1 rings (SSSR count). The quantitative estimate of drug-likeness (QED) is 0.221. The molecular formula is CHCl3Sb4Zr. The molecule has 8 heteroatoms. The summed E-state index contributed by atoms with van der Waals surface area (Å²) in [6.07, 6.45) is 0. The molecule has 50 valence electrons. The van der Waals surface area contributed by atoms with Crippen molar-refractivity contribution in [3.8, 4) is 0 Å². The molecule has 0 nitrogen and oxygen atoms in total. The third kappa shape index (κ3) is 10.8. The van der Waals surface area contributed by atoms with Gasteiger partial charge in [-0.15, -0.1) is 0 Å². The monoisotopic (exact) mass is 691 g/mol. The van der Waals surface area contributed by atoms with E-state index in [0.29, 0.717) is 34.5 Å². The van der Waals surface area contributed by atoms with Gasteiger partial charge in [0, 0.05) is 0 Å². The van der Waals surface area contributed by atoms with Crippen LogP contribution in [0.25, 0.3) is 0 Å². The van der Waals surface area contributed by atoms with E-state index in [4.69, 9.17) is 0 Å². The predicted octanol–water partition coefficient (Wildman–Crippen LogP) is -11.1. The van der Waals surface area contributed by atoms with Crippen LogP contribution in [0.1, 0.15) is 0 Å². The first-order chi connectivity index (χ1) is 2.89. The Hall–Kier alpha value is 4.90. The van der Waals surface area contributed by atoms with Gasteiger partial charge in [0.2, 0.25) is 0 Å². The molecule has 0 spiro atoms. The Morgan fingerprint density at radius 3 is 1.89 bits per heavy atom. The minimum atomic E-state index is 0. The molecule has 0 N–H and O–H groups in total. The Kier molecular flexibility index (Phi) is 27.9. The Labute approximate surface area is 117 Å². The fourth-order valence-electron chi connectivity index (χ4n) is 0.159. The van der Waals surface area contributed by atoms with Crippen LogP contribution in [0.2, 0.25) is 0 Å². The van der Waals surface area contributed by atoms with Gasteiger partial charge in [0.05, 0.1) is 0 Å². The number of hydrogen-bond donors (Lipinski definition) is 0. The Morgan fingerprint density at radius 1 is 1.22 bits per heavy atom. The summed E-state index contributed by atoms with van der Waals surface area (Å²) < 4.78 is 2.25. The zero-order valence-corrected chi connectivity index (χ0v) is 19.2. The van der Waals surface area contributed by atoms with Crippen LogP contribution in [0.3, 0.4) is 0 Å². The van der Waals surface area contributed by atoms with Crippen LogP contribution < -0.4 is 37.2 Å². The van der Waals surface area contributed by atoms with Crippen LogP contribution in [-0.4, -0.2) is 59.0 Å². The van der Waals surface area contributed by atoms with Crippen LogP contribution in [0.5, 0.6) is 0 Å². The van der Waals surface area contributed by atoms with E-state index >= 15 is 0 Å². The zero-order chi connectivity index (χ0) is 4.41. The van der Waals surface area contributed by atoms with Gasteiger partial charge in [0.25, 0.3) is 0 Å². The molecule has 0 aromatic carbocycles. The fraction of sp³-hybridized carbons (Fsp3) is 0. The van der Waals surface area contributed by atoms with Crippen LogP contribution in [-0.2, 0) is 24.7 Å². The summed E-state index contributed by atoms with van der Waals surface area (Å²) in [6.45, 7) is 0. The van der Waals surface area contributed by atoms with Crippen LogP contribution >= 0.6 is 0 Å². The maximum atomic E-state index is 2.25. The molecule has 0 saturated carbocycles. The molecule has 0 bridgehead atoms. The van der Waals surface area contributed by atoms with Crippen molar-refractivity contribution in [1.29, 1.82) is 0 Å². The molecule has 0 atom stereocenters. The summed E-state index contributed by atoms with van der Waals surface area (Å²) in [5.41, 5.74) is 0. The average Bonchev–Trinajstić information content (AvgIpc) is 1.86. The standard InChI is InChI=1S/C.3ClH.4Sb.Zr.H/h;3*1H;;;;;;/q;;;;;;;;+3;/p-3. The van der Waals surface area contributed by atoms with Crippen molar-refractivity contribution in [2.45, 2.75) is 0 Å². The Bertz CT molecular complexity index is 112. The van der Waals surface area contributed by atoms with E-state index in [1.54, 1.807) is 0 Å². The molecule has 9 heavy (non-hydrogen) atoms. The molecule has 0 unspecified atom stereocenters. The van der Waals surface area contributed by atoms with E-state index in [1.807, 2.05) is 24.7 Å². The summed E-state index contributed by atoms with van der Waals surface area (Å²) in [5, 5.41) is 0. The van der Waals surface area contributed by atoms with Crippen molar-refractivity contribution in [1.82, 2.24) is 0 Å². The summed E-state index contributed by atoms with van der Waals surface area (Å²) >= 11 is 4.58. The van der Waals surface area contributed by atoms with Gasteiger partial charge >= 0.3 is 83.7 Å². The number of rotatable bonds is 0. The van der Waals surface area contributed by atoms with Crippen molar-refractivity contribution in [3.05, 3.63) is 0 Å². The number of hydrogen-bond acceptors (Lipinski definition) is 0. The van der Waals surface area contributed by atoms with Crippen molar-refractivity contribution in [2.75, 3.05) is 0 Å². The molecule has 0 aromatic rings. The van der Waals surface area contributed by atoms with Crippen LogP contribution in [0, 0.1) is 0 Å². The summed E-state index contributed by atoms with van der Waals surface area (Å²) in [5.74, 6) is 0. The zero-order valence-electron chi connectivity index (χ0n) is 3.98. The molecule has 1 heterocycles. The minimum absolute atomic E-state index is 0. The molecule has 1 aliphatic rings. The molecule has 0 radical (unpaired) electrons. The van der Waals surface area contributed by atoms with Gasteiger partial charge in [-0.1, -0.05) is 0 Å². The molecule has 0 saturated heterocycles. The van der Waals surface area contributed by atoms with E-state index in [-0.39, 0.29) is 37.2 Å².